The molecule has 1 saturated heterocycles. The van der Waals surface area contributed by atoms with Crippen LogP contribution < -0.4 is 11.1 Å². The van der Waals surface area contributed by atoms with Crippen molar-refractivity contribution < 1.29 is 4.79 Å². The van der Waals surface area contributed by atoms with Crippen LogP contribution in [0.2, 0.25) is 0 Å². The van der Waals surface area contributed by atoms with Crippen molar-refractivity contribution in [3.8, 4) is 0 Å². The predicted octanol–water partition coefficient (Wildman–Crippen LogP) is 0.216. The molecular weight excluding hydrogens is 230 g/mol. The van der Waals surface area contributed by atoms with Gasteiger partial charge in [-0.25, -0.2) is 0 Å². The highest BCUT2D eigenvalue weighted by molar-refractivity contribution is 5.97. The molecule has 18 heavy (non-hydrogen) atoms. The van der Waals surface area contributed by atoms with Crippen LogP contribution in [0.25, 0.3) is 0 Å². The fourth-order valence-electron chi connectivity index (χ4n) is 2.43. The molecule has 1 atom stereocenters. The van der Waals surface area contributed by atoms with Gasteiger partial charge in [0.1, 0.15) is 5.69 Å². The zero-order chi connectivity index (χ0) is 13.1. The van der Waals surface area contributed by atoms with Gasteiger partial charge < -0.3 is 16.0 Å². The summed E-state index contributed by atoms with van der Waals surface area (Å²) in [6.45, 7) is 1.77. The summed E-state index contributed by atoms with van der Waals surface area (Å²) in [5, 5.41) is 6.91. The number of nitrogens with zero attached hydrogens (tertiary/aromatic N) is 3. The van der Waals surface area contributed by atoms with E-state index in [1.807, 2.05) is 0 Å². The molecule has 1 aromatic rings. The first-order valence-corrected chi connectivity index (χ1v) is 6.35. The van der Waals surface area contributed by atoms with Gasteiger partial charge in [-0.15, -0.1) is 0 Å². The van der Waals surface area contributed by atoms with Crippen LogP contribution in [-0.2, 0) is 7.05 Å². The lowest BCUT2D eigenvalue weighted by molar-refractivity contribution is 0.0920. The fourth-order valence-corrected chi connectivity index (χ4v) is 2.43. The number of carbonyl (C=O) groups excluding carboxylic acids is 1. The van der Waals surface area contributed by atoms with E-state index in [9.17, 15) is 4.79 Å². The van der Waals surface area contributed by atoms with E-state index < -0.39 is 0 Å². The van der Waals surface area contributed by atoms with Crippen molar-refractivity contribution >= 4 is 11.6 Å². The molecule has 1 amide bonds. The highest BCUT2D eigenvalue weighted by atomic mass is 16.2. The molecule has 1 fully saturated rings. The SMILES string of the molecule is CN1CCCCC1CNC(=O)c1c(N)cnn1C. The predicted molar refractivity (Wildman–Crippen MR) is 70.2 cm³/mol. The quantitative estimate of drug-likeness (QED) is 0.805. The minimum absolute atomic E-state index is 0.147. The lowest BCUT2D eigenvalue weighted by atomic mass is 10.0. The first-order valence-electron chi connectivity index (χ1n) is 6.35. The van der Waals surface area contributed by atoms with E-state index in [0.29, 0.717) is 24.0 Å². The number of hydrogen-bond acceptors (Lipinski definition) is 4. The summed E-state index contributed by atoms with van der Waals surface area (Å²) in [6, 6.07) is 0.428. The molecule has 1 aliphatic heterocycles. The number of amides is 1. The molecule has 2 rings (SSSR count). The van der Waals surface area contributed by atoms with Gasteiger partial charge in [0.15, 0.2) is 0 Å². The Morgan fingerprint density at radius 3 is 2.94 bits per heavy atom. The third kappa shape index (κ3) is 2.64. The van der Waals surface area contributed by atoms with Gasteiger partial charge in [-0.2, -0.15) is 5.10 Å². The van der Waals surface area contributed by atoms with Crippen LogP contribution in [0.5, 0.6) is 0 Å². The molecule has 6 nitrogen and oxygen atoms in total. The standard InChI is InChI=1S/C12H21N5O/c1-16-6-4-3-5-9(16)7-14-12(18)11-10(13)8-15-17(11)2/h8-9H,3-7,13H2,1-2H3,(H,14,18). The zero-order valence-corrected chi connectivity index (χ0v) is 11.0. The molecule has 6 heteroatoms. The van der Waals surface area contributed by atoms with Crippen molar-refractivity contribution in [2.75, 3.05) is 25.9 Å². The maximum absolute atomic E-state index is 12.0. The summed E-state index contributed by atoms with van der Waals surface area (Å²) in [5.74, 6) is -0.147. The number of hydrogen-bond donors (Lipinski definition) is 2. The Hall–Kier alpha value is -1.56. The van der Waals surface area contributed by atoms with Gasteiger partial charge in [-0.1, -0.05) is 6.42 Å². The number of rotatable bonds is 3. The lowest BCUT2D eigenvalue weighted by Crippen LogP contribution is -2.44. The number of anilines is 1. The van der Waals surface area contributed by atoms with E-state index in [-0.39, 0.29) is 5.91 Å². The molecule has 100 valence electrons. The number of aryl methyl sites for hydroxylation is 1. The Morgan fingerprint density at radius 2 is 2.33 bits per heavy atom. The van der Waals surface area contributed by atoms with Crippen LogP contribution in [0.15, 0.2) is 6.20 Å². The Morgan fingerprint density at radius 1 is 1.56 bits per heavy atom. The van der Waals surface area contributed by atoms with Crippen LogP contribution in [0.1, 0.15) is 29.8 Å². The van der Waals surface area contributed by atoms with Gasteiger partial charge in [0, 0.05) is 19.6 Å². The van der Waals surface area contributed by atoms with Gasteiger partial charge in [0.05, 0.1) is 11.9 Å². The molecule has 1 aliphatic rings. The molecule has 2 heterocycles. The Balaban J connectivity index is 1.92. The fraction of sp³-hybridized carbons (Fsp3) is 0.667. The highest BCUT2D eigenvalue weighted by Crippen LogP contribution is 2.14. The van der Waals surface area contributed by atoms with Crippen molar-refractivity contribution in [1.29, 1.82) is 0 Å². The van der Waals surface area contributed by atoms with E-state index >= 15 is 0 Å². The summed E-state index contributed by atoms with van der Waals surface area (Å²) in [5.41, 5.74) is 6.59. The molecule has 0 radical (unpaired) electrons. The first kappa shape index (κ1) is 12.9. The van der Waals surface area contributed by atoms with Crippen molar-refractivity contribution in [3.63, 3.8) is 0 Å². The number of piperidine rings is 1. The maximum atomic E-state index is 12.0. The van der Waals surface area contributed by atoms with Gasteiger partial charge in [0.25, 0.3) is 5.91 Å². The van der Waals surface area contributed by atoms with Crippen molar-refractivity contribution in [3.05, 3.63) is 11.9 Å². The Kier molecular flexibility index (Phi) is 3.86. The van der Waals surface area contributed by atoms with Crippen molar-refractivity contribution in [2.45, 2.75) is 25.3 Å². The Labute approximate surface area is 107 Å². The maximum Gasteiger partial charge on any atom is 0.271 e. The third-order valence-corrected chi connectivity index (χ3v) is 3.60. The largest absolute Gasteiger partial charge is 0.396 e. The molecule has 0 spiro atoms. The monoisotopic (exact) mass is 251 g/mol. The second kappa shape index (κ2) is 5.39. The van der Waals surface area contributed by atoms with E-state index in [0.717, 1.165) is 13.0 Å². The third-order valence-electron chi connectivity index (χ3n) is 3.60. The number of nitrogen functional groups attached to an aromatic ring is 1. The van der Waals surface area contributed by atoms with Crippen LogP contribution in [0.3, 0.4) is 0 Å². The smallest absolute Gasteiger partial charge is 0.271 e. The van der Waals surface area contributed by atoms with Crippen LogP contribution >= 0.6 is 0 Å². The summed E-state index contributed by atoms with van der Waals surface area (Å²) < 4.78 is 1.51. The molecule has 1 aromatic heterocycles. The topological polar surface area (TPSA) is 76.2 Å². The zero-order valence-electron chi connectivity index (χ0n) is 11.0. The van der Waals surface area contributed by atoms with Crippen LogP contribution in [0.4, 0.5) is 5.69 Å². The molecule has 0 aromatic carbocycles. The molecule has 3 N–H and O–H groups in total. The second-order valence-corrected chi connectivity index (χ2v) is 4.91. The molecule has 0 aliphatic carbocycles. The van der Waals surface area contributed by atoms with Crippen molar-refractivity contribution in [1.82, 2.24) is 20.0 Å². The first-order chi connectivity index (χ1) is 8.59. The van der Waals surface area contributed by atoms with E-state index in [1.165, 1.54) is 23.7 Å². The molecule has 1 unspecified atom stereocenters. The van der Waals surface area contributed by atoms with E-state index in [4.69, 9.17) is 5.73 Å². The number of likely N-dealkylation sites (tertiary alicyclic amines) is 1. The number of aromatic nitrogens is 2. The number of carbonyl (C=O) groups is 1. The summed E-state index contributed by atoms with van der Waals surface area (Å²) in [4.78, 5) is 14.3. The second-order valence-electron chi connectivity index (χ2n) is 4.91. The highest BCUT2D eigenvalue weighted by Gasteiger charge is 2.21. The minimum Gasteiger partial charge on any atom is -0.396 e. The number of nitrogens with one attached hydrogen (secondary N) is 1. The van der Waals surface area contributed by atoms with Crippen molar-refractivity contribution in [2.24, 2.45) is 7.05 Å². The van der Waals surface area contributed by atoms with Gasteiger partial charge in [0.2, 0.25) is 0 Å². The average molecular weight is 251 g/mol. The summed E-state index contributed by atoms with van der Waals surface area (Å²) >= 11 is 0. The lowest BCUT2D eigenvalue weighted by Gasteiger charge is -2.32. The van der Waals surface area contributed by atoms with Crippen LogP contribution in [-0.4, -0.2) is 46.8 Å². The minimum atomic E-state index is -0.147. The van der Waals surface area contributed by atoms with Crippen LogP contribution in [0, 0.1) is 0 Å². The average Bonchev–Trinajstić information content (AvgIpc) is 2.68. The Bertz CT molecular complexity index is 409. The summed E-state index contributed by atoms with van der Waals surface area (Å²) in [7, 11) is 3.83. The van der Waals surface area contributed by atoms with Gasteiger partial charge in [-0.05, 0) is 26.4 Å². The number of likely N-dealkylation sites (N-methyl/N-ethyl adjacent to an activating group) is 1. The normalized spacial score (nSPS) is 20.9. The summed E-state index contributed by atoms with van der Waals surface area (Å²) in [6.07, 6.45) is 5.12. The van der Waals surface area contributed by atoms with E-state index in [1.54, 1.807) is 7.05 Å². The van der Waals surface area contributed by atoms with Gasteiger partial charge >= 0.3 is 0 Å². The molecule has 0 saturated carbocycles. The molecule has 0 bridgehead atoms. The van der Waals surface area contributed by atoms with Gasteiger partial charge in [-0.3, -0.25) is 9.48 Å². The molecular formula is C12H21N5O. The van der Waals surface area contributed by atoms with E-state index in [2.05, 4.69) is 22.4 Å². The number of nitrogens with two attached hydrogens (primary N) is 1.